The molecule has 0 atom stereocenters. The fraction of sp³-hybridized carbons (Fsp3) is 0.455. The topological polar surface area (TPSA) is 32.5 Å². The highest BCUT2D eigenvalue weighted by Crippen LogP contribution is 2.26. The zero-order valence-corrected chi connectivity index (χ0v) is 8.91. The molecule has 0 radical (unpaired) electrons. The molecule has 1 aromatic carbocycles. The van der Waals surface area contributed by atoms with Crippen LogP contribution in [0.5, 0.6) is 0 Å². The Hall–Kier alpha value is -1.29. The van der Waals surface area contributed by atoms with Gasteiger partial charge in [0.15, 0.2) is 0 Å². The third kappa shape index (κ3) is 2.04. The molecule has 1 heterocycles. The molecular formula is C11H16FN3. The molecule has 0 saturated carbocycles. The predicted molar refractivity (Wildman–Crippen MR) is 60.5 cm³/mol. The lowest BCUT2D eigenvalue weighted by molar-refractivity contribution is 0.313. The van der Waals surface area contributed by atoms with E-state index in [4.69, 9.17) is 5.73 Å². The molecule has 0 aliphatic carbocycles. The number of hydrogen-bond acceptors (Lipinski definition) is 3. The third-order valence-corrected chi connectivity index (χ3v) is 2.87. The van der Waals surface area contributed by atoms with Gasteiger partial charge in [-0.15, -0.1) is 0 Å². The first-order valence-corrected chi connectivity index (χ1v) is 5.16. The van der Waals surface area contributed by atoms with E-state index in [-0.39, 0.29) is 11.5 Å². The highest BCUT2D eigenvalue weighted by atomic mass is 19.1. The summed E-state index contributed by atoms with van der Waals surface area (Å²) in [5, 5.41) is 0. The number of nitrogens with zero attached hydrogens (tertiary/aromatic N) is 2. The summed E-state index contributed by atoms with van der Waals surface area (Å²) in [6, 6.07) is 4.98. The fourth-order valence-corrected chi connectivity index (χ4v) is 1.85. The molecule has 1 aliphatic rings. The molecule has 1 aliphatic heterocycles. The number of anilines is 2. The number of benzene rings is 1. The number of para-hydroxylation sites is 1. The van der Waals surface area contributed by atoms with E-state index in [1.54, 1.807) is 6.07 Å². The van der Waals surface area contributed by atoms with Gasteiger partial charge in [-0.2, -0.15) is 0 Å². The molecule has 2 N–H and O–H groups in total. The van der Waals surface area contributed by atoms with Crippen LogP contribution < -0.4 is 10.6 Å². The Balaban J connectivity index is 2.19. The van der Waals surface area contributed by atoms with Gasteiger partial charge < -0.3 is 15.5 Å². The zero-order valence-electron chi connectivity index (χ0n) is 8.91. The van der Waals surface area contributed by atoms with Gasteiger partial charge in [-0.1, -0.05) is 6.07 Å². The normalized spacial score (nSPS) is 18.1. The molecule has 2 rings (SSSR count). The van der Waals surface area contributed by atoms with Crippen LogP contribution in [-0.2, 0) is 0 Å². The van der Waals surface area contributed by atoms with Crippen molar-refractivity contribution in [2.24, 2.45) is 0 Å². The first kappa shape index (κ1) is 10.2. The van der Waals surface area contributed by atoms with Crippen LogP contribution in [0.1, 0.15) is 0 Å². The molecule has 0 spiro atoms. The van der Waals surface area contributed by atoms with Crippen LogP contribution in [0.2, 0.25) is 0 Å². The van der Waals surface area contributed by atoms with Gasteiger partial charge >= 0.3 is 0 Å². The number of likely N-dealkylation sites (N-methyl/N-ethyl adjacent to an activating group) is 1. The molecule has 0 amide bonds. The lowest BCUT2D eigenvalue weighted by Crippen LogP contribution is -2.44. The van der Waals surface area contributed by atoms with E-state index in [1.807, 2.05) is 6.07 Å². The lowest BCUT2D eigenvalue weighted by Gasteiger charge is -2.34. The SMILES string of the molecule is CN1CCN(c2cccc(F)c2N)CC1. The van der Waals surface area contributed by atoms with E-state index in [9.17, 15) is 4.39 Å². The average Bonchev–Trinajstić information content (AvgIpc) is 2.24. The maximum Gasteiger partial charge on any atom is 0.148 e. The van der Waals surface area contributed by atoms with Crippen molar-refractivity contribution in [3.63, 3.8) is 0 Å². The van der Waals surface area contributed by atoms with Crippen LogP contribution in [0.25, 0.3) is 0 Å². The lowest BCUT2D eigenvalue weighted by atomic mass is 10.2. The number of rotatable bonds is 1. The van der Waals surface area contributed by atoms with Gasteiger partial charge in [-0.3, -0.25) is 0 Å². The van der Waals surface area contributed by atoms with Crippen molar-refractivity contribution in [1.82, 2.24) is 4.90 Å². The van der Waals surface area contributed by atoms with Crippen molar-refractivity contribution in [2.75, 3.05) is 43.9 Å². The summed E-state index contributed by atoms with van der Waals surface area (Å²) >= 11 is 0. The molecule has 1 aromatic rings. The van der Waals surface area contributed by atoms with E-state index in [0.717, 1.165) is 31.9 Å². The van der Waals surface area contributed by atoms with Crippen LogP contribution in [-0.4, -0.2) is 38.1 Å². The fourth-order valence-electron chi connectivity index (χ4n) is 1.85. The second-order valence-corrected chi connectivity index (χ2v) is 3.96. The van der Waals surface area contributed by atoms with Crippen molar-refractivity contribution in [3.05, 3.63) is 24.0 Å². The average molecular weight is 209 g/mol. The van der Waals surface area contributed by atoms with Crippen molar-refractivity contribution < 1.29 is 4.39 Å². The summed E-state index contributed by atoms with van der Waals surface area (Å²) in [7, 11) is 2.09. The predicted octanol–water partition coefficient (Wildman–Crippen LogP) is 1.16. The monoisotopic (exact) mass is 209 g/mol. The Morgan fingerprint density at radius 2 is 1.87 bits per heavy atom. The van der Waals surface area contributed by atoms with Gasteiger partial charge in [0.1, 0.15) is 5.82 Å². The highest BCUT2D eigenvalue weighted by molar-refractivity contribution is 5.68. The number of nitrogen functional groups attached to an aromatic ring is 1. The van der Waals surface area contributed by atoms with Crippen LogP contribution >= 0.6 is 0 Å². The Bertz CT molecular complexity index is 346. The van der Waals surface area contributed by atoms with E-state index in [2.05, 4.69) is 16.8 Å². The van der Waals surface area contributed by atoms with E-state index >= 15 is 0 Å². The molecule has 0 bridgehead atoms. The largest absolute Gasteiger partial charge is 0.395 e. The van der Waals surface area contributed by atoms with Crippen LogP contribution in [0.3, 0.4) is 0 Å². The Morgan fingerprint density at radius 3 is 2.53 bits per heavy atom. The van der Waals surface area contributed by atoms with Crippen LogP contribution in [0.15, 0.2) is 18.2 Å². The van der Waals surface area contributed by atoms with Gasteiger partial charge in [0, 0.05) is 26.2 Å². The molecule has 0 aromatic heterocycles. The second-order valence-electron chi connectivity index (χ2n) is 3.96. The van der Waals surface area contributed by atoms with Crippen LogP contribution in [0.4, 0.5) is 15.8 Å². The minimum Gasteiger partial charge on any atom is -0.395 e. The van der Waals surface area contributed by atoms with E-state index < -0.39 is 0 Å². The van der Waals surface area contributed by atoms with Gasteiger partial charge in [0.05, 0.1) is 11.4 Å². The van der Waals surface area contributed by atoms with E-state index in [0.29, 0.717) is 0 Å². The summed E-state index contributed by atoms with van der Waals surface area (Å²) in [5.74, 6) is -0.327. The summed E-state index contributed by atoms with van der Waals surface area (Å²) < 4.78 is 13.2. The maximum absolute atomic E-state index is 13.2. The minimum absolute atomic E-state index is 0.266. The summed E-state index contributed by atoms with van der Waals surface area (Å²) in [5.41, 5.74) is 6.81. The van der Waals surface area contributed by atoms with Gasteiger partial charge in [-0.05, 0) is 19.2 Å². The van der Waals surface area contributed by atoms with Crippen molar-refractivity contribution >= 4 is 11.4 Å². The van der Waals surface area contributed by atoms with Gasteiger partial charge in [-0.25, -0.2) is 4.39 Å². The Morgan fingerprint density at radius 1 is 1.20 bits per heavy atom. The summed E-state index contributed by atoms with van der Waals surface area (Å²) in [4.78, 5) is 4.39. The first-order valence-electron chi connectivity index (χ1n) is 5.16. The molecule has 4 heteroatoms. The minimum atomic E-state index is -0.327. The van der Waals surface area contributed by atoms with Crippen molar-refractivity contribution in [1.29, 1.82) is 0 Å². The highest BCUT2D eigenvalue weighted by Gasteiger charge is 2.17. The third-order valence-electron chi connectivity index (χ3n) is 2.87. The first-order chi connectivity index (χ1) is 7.18. The quantitative estimate of drug-likeness (QED) is 0.704. The molecule has 82 valence electrons. The second kappa shape index (κ2) is 4.06. The molecule has 1 saturated heterocycles. The van der Waals surface area contributed by atoms with Crippen LogP contribution in [0, 0.1) is 5.82 Å². The number of hydrogen-bond donors (Lipinski definition) is 1. The Labute approximate surface area is 89.3 Å². The molecule has 1 fully saturated rings. The smallest absolute Gasteiger partial charge is 0.148 e. The van der Waals surface area contributed by atoms with Crippen molar-refractivity contribution in [2.45, 2.75) is 0 Å². The molecular weight excluding hydrogens is 193 g/mol. The molecule has 0 unspecified atom stereocenters. The Kier molecular flexibility index (Phi) is 2.77. The number of nitrogens with two attached hydrogens (primary N) is 1. The van der Waals surface area contributed by atoms with E-state index in [1.165, 1.54) is 6.07 Å². The molecule has 3 nitrogen and oxygen atoms in total. The zero-order chi connectivity index (χ0) is 10.8. The number of halogens is 1. The molecule has 15 heavy (non-hydrogen) atoms. The maximum atomic E-state index is 13.2. The summed E-state index contributed by atoms with van der Waals surface area (Å²) in [6.45, 7) is 3.81. The standard InChI is InChI=1S/C11H16FN3/c1-14-5-7-15(8-6-14)10-4-2-3-9(12)11(10)13/h2-4H,5-8,13H2,1H3. The number of piperazine rings is 1. The van der Waals surface area contributed by atoms with Crippen molar-refractivity contribution in [3.8, 4) is 0 Å². The summed E-state index contributed by atoms with van der Waals surface area (Å²) in [6.07, 6.45) is 0. The van der Waals surface area contributed by atoms with Gasteiger partial charge in [0.25, 0.3) is 0 Å². The van der Waals surface area contributed by atoms with Gasteiger partial charge in [0.2, 0.25) is 0 Å².